The van der Waals surface area contributed by atoms with E-state index < -0.39 is 0 Å². The van der Waals surface area contributed by atoms with Gasteiger partial charge in [-0.25, -0.2) is 0 Å². The highest BCUT2D eigenvalue weighted by Crippen LogP contribution is 2.32. The van der Waals surface area contributed by atoms with Crippen molar-refractivity contribution >= 4 is 0 Å². The van der Waals surface area contributed by atoms with Gasteiger partial charge in [0.1, 0.15) is 5.75 Å². The Morgan fingerprint density at radius 1 is 1.00 bits per heavy atom. The van der Waals surface area contributed by atoms with Crippen LogP contribution in [0.1, 0.15) is 24.8 Å². The van der Waals surface area contributed by atoms with E-state index in [0.29, 0.717) is 12.6 Å². The van der Waals surface area contributed by atoms with E-state index in [2.05, 4.69) is 5.32 Å². The van der Waals surface area contributed by atoms with Gasteiger partial charge in [0.05, 0.1) is 6.61 Å². The van der Waals surface area contributed by atoms with Gasteiger partial charge >= 0.3 is 0 Å². The monoisotopic (exact) mass is 297 g/mol. The van der Waals surface area contributed by atoms with Crippen LogP contribution in [-0.4, -0.2) is 19.2 Å². The zero-order chi connectivity index (χ0) is 15.2. The van der Waals surface area contributed by atoms with Crippen molar-refractivity contribution in [3.63, 3.8) is 0 Å². The van der Waals surface area contributed by atoms with Gasteiger partial charge in [-0.3, -0.25) is 0 Å². The summed E-state index contributed by atoms with van der Waals surface area (Å²) in [4.78, 5) is 0. The molecule has 1 fully saturated rings. The highest BCUT2D eigenvalue weighted by Gasteiger charge is 2.14. The quantitative estimate of drug-likeness (QED) is 0.862. The molecule has 1 atom stereocenters. The summed E-state index contributed by atoms with van der Waals surface area (Å²) in [7, 11) is 0. The van der Waals surface area contributed by atoms with Crippen molar-refractivity contribution in [1.82, 2.24) is 5.32 Å². The van der Waals surface area contributed by atoms with Crippen LogP contribution in [0.25, 0.3) is 0 Å². The fraction of sp³-hybridized carbons (Fsp3) is 0.368. The Labute approximate surface area is 132 Å². The van der Waals surface area contributed by atoms with E-state index in [1.54, 1.807) is 0 Å². The number of nitrogens with one attached hydrogen (secondary N) is 1. The van der Waals surface area contributed by atoms with Gasteiger partial charge in [0.15, 0.2) is 11.5 Å². The first kappa shape index (κ1) is 14.9. The van der Waals surface area contributed by atoms with Gasteiger partial charge in [0.2, 0.25) is 0 Å². The molecule has 0 spiro atoms. The summed E-state index contributed by atoms with van der Waals surface area (Å²) < 4.78 is 12.0. The molecule has 0 saturated carbocycles. The normalized spacial score (nSPS) is 17.4. The van der Waals surface area contributed by atoms with E-state index in [9.17, 15) is 0 Å². The molecule has 2 aromatic carbocycles. The van der Waals surface area contributed by atoms with Crippen molar-refractivity contribution in [3.05, 3.63) is 54.1 Å². The Hall–Kier alpha value is -2.00. The average molecular weight is 297 g/mol. The van der Waals surface area contributed by atoms with Crippen LogP contribution in [0.5, 0.6) is 17.2 Å². The van der Waals surface area contributed by atoms with Crippen molar-refractivity contribution in [2.75, 3.05) is 13.2 Å². The van der Waals surface area contributed by atoms with Crippen molar-refractivity contribution in [2.24, 2.45) is 0 Å². The first-order valence-corrected chi connectivity index (χ1v) is 8.01. The van der Waals surface area contributed by atoms with Crippen molar-refractivity contribution in [1.29, 1.82) is 0 Å². The van der Waals surface area contributed by atoms with Crippen LogP contribution in [0.3, 0.4) is 0 Å². The predicted octanol–water partition coefficient (Wildman–Crippen LogP) is 4.31. The molecule has 2 aromatic rings. The van der Waals surface area contributed by atoms with E-state index in [0.717, 1.165) is 35.8 Å². The molecular weight excluding hydrogens is 274 g/mol. The number of benzene rings is 2. The van der Waals surface area contributed by atoms with E-state index in [1.165, 1.54) is 12.8 Å². The molecule has 1 aliphatic heterocycles. The van der Waals surface area contributed by atoms with Gasteiger partial charge in [-0.2, -0.15) is 0 Å². The minimum absolute atomic E-state index is 0.601. The second-order valence-electron chi connectivity index (χ2n) is 5.74. The molecule has 22 heavy (non-hydrogen) atoms. The van der Waals surface area contributed by atoms with Crippen LogP contribution in [0.2, 0.25) is 0 Å². The highest BCUT2D eigenvalue weighted by molar-refractivity contribution is 5.44. The fourth-order valence-electron chi connectivity index (χ4n) is 2.76. The second kappa shape index (κ2) is 7.32. The zero-order valence-corrected chi connectivity index (χ0v) is 13.0. The fourth-order valence-corrected chi connectivity index (χ4v) is 2.76. The van der Waals surface area contributed by atoms with E-state index in [4.69, 9.17) is 9.47 Å². The van der Waals surface area contributed by atoms with Gasteiger partial charge in [0.25, 0.3) is 0 Å². The summed E-state index contributed by atoms with van der Waals surface area (Å²) in [5.74, 6) is 2.45. The van der Waals surface area contributed by atoms with E-state index in [-0.39, 0.29) is 0 Å². The smallest absolute Gasteiger partial charge is 0.169 e. The average Bonchev–Trinajstić information content (AvgIpc) is 3.04. The molecule has 0 aromatic heterocycles. The summed E-state index contributed by atoms with van der Waals surface area (Å²) >= 11 is 0. The Morgan fingerprint density at radius 3 is 2.45 bits per heavy atom. The minimum Gasteiger partial charge on any atom is -0.490 e. The molecule has 0 aliphatic carbocycles. The molecule has 1 saturated heterocycles. The first-order chi connectivity index (χ1) is 10.8. The Morgan fingerprint density at radius 2 is 1.73 bits per heavy atom. The summed E-state index contributed by atoms with van der Waals surface area (Å²) in [6.45, 7) is 3.90. The van der Waals surface area contributed by atoms with Gasteiger partial charge in [-0.05, 0) is 56.5 Å². The number of ether oxygens (including phenoxy) is 2. The molecule has 1 heterocycles. The second-order valence-corrected chi connectivity index (χ2v) is 5.74. The molecular formula is C19H23NO2. The lowest BCUT2D eigenvalue weighted by Crippen LogP contribution is -2.23. The van der Waals surface area contributed by atoms with Gasteiger partial charge < -0.3 is 14.8 Å². The van der Waals surface area contributed by atoms with Gasteiger partial charge in [-0.1, -0.05) is 30.3 Å². The zero-order valence-electron chi connectivity index (χ0n) is 13.0. The lowest BCUT2D eigenvalue weighted by Gasteiger charge is -2.15. The third-order valence-corrected chi connectivity index (χ3v) is 4.05. The Balaban J connectivity index is 1.63. The summed E-state index contributed by atoms with van der Waals surface area (Å²) in [5, 5.41) is 3.49. The van der Waals surface area contributed by atoms with Crippen LogP contribution < -0.4 is 14.8 Å². The number of hydrogen-bond acceptors (Lipinski definition) is 3. The Kier molecular flexibility index (Phi) is 4.96. The standard InChI is InChI=1S/C19H23NO2/c1-15-7-2-3-9-17(15)22-19-11-5-4-10-18(19)21-14-12-16-8-6-13-20-16/h2-5,7,9-11,16,20H,6,8,12-14H2,1H3. The Bertz CT molecular complexity index is 606. The maximum Gasteiger partial charge on any atom is 0.169 e. The predicted molar refractivity (Wildman–Crippen MR) is 88.8 cm³/mol. The first-order valence-electron chi connectivity index (χ1n) is 8.01. The lowest BCUT2D eigenvalue weighted by atomic mass is 10.2. The number of hydrogen-bond donors (Lipinski definition) is 1. The van der Waals surface area contributed by atoms with Crippen molar-refractivity contribution in [2.45, 2.75) is 32.2 Å². The van der Waals surface area contributed by atoms with Crippen LogP contribution in [0, 0.1) is 6.92 Å². The molecule has 0 radical (unpaired) electrons. The van der Waals surface area contributed by atoms with Crippen LogP contribution in [0.4, 0.5) is 0 Å². The number of rotatable bonds is 6. The molecule has 0 bridgehead atoms. The van der Waals surface area contributed by atoms with Crippen LogP contribution >= 0.6 is 0 Å². The molecule has 1 N–H and O–H groups in total. The molecule has 1 unspecified atom stereocenters. The third-order valence-electron chi connectivity index (χ3n) is 4.05. The third kappa shape index (κ3) is 3.80. The molecule has 3 rings (SSSR count). The molecule has 116 valence electrons. The highest BCUT2D eigenvalue weighted by atomic mass is 16.5. The van der Waals surface area contributed by atoms with Crippen molar-refractivity contribution in [3.8, 4) is 17.2 Å². The van der Waals surface area contributed by atoms with E-state index >= 15 is 0 Å². The maximum absolute atomic E-state index is 6.02. The number of para-hydroxylation sites is 3. The number of aryl methyl sites for hydroxylation is 1. The topological polar surface area (TPSA) is 30.5 Å². The summed E-state index contributed by atoms with van der Waals surface area (Å²) in [6.07, 6.45) is 3.57. The summed E-state index contributed by atoms with van der Waals surface area (Å²) in [6, 6.07) is 16.5. The molecule has 1 aliphatic rings. The van der Waals surface area contributed by atoms with Gasteiger partial charge in [-0.15, -0.1) is 0 Å². The maximum atomic E-state index is 6.02. The molecule has 3 heteroatoms. The van der Waals surface area contributed by atoms with E-state index in [1.807, 2.05) is 55.5 Å². The minimum atomic E-state index is 0.601. The molecule has 3 nitrogen and oxygen atoms in total. The van der Waals surface area contributed by atoms with Gasteiger partial charge in [0, 0.05) is 6.04 Å². The SMILES string of the molecule is Cc1ccccc1Oc1ccccc1OCCC1CCCN1. The van der Waals surface area contributed by atoms with Crippen LogP contribution in [-0.2, 0) is 0 Å². The van der Waals surface area contributed by atoms with Crippen LogP contribution in [0.15, 0.2) is 48.5 Å². The summed E-state index contributed by atoms with van der Waals surface area (Å²) in [5.41, 5.74) is 1.12. The lowest BCUT2D eigenvalue weighted by molar-refractivity contribution is 0.280. The molecule has 0 amide bonds. The largest absolute Gasteiger partial charge is 0.490 e. The van der Waals surface area contributed by atoms with Crippen molar-refractivity contribution < 1.29 is 9.47 Å².